The number of aryl methyl sites for hydroxylation is 2. The molecule has 26 heavy (non-hydrogen) atoms. The molecule has 2 heterocycles. The minimum atomic E-state index is -0.00799. The first-order chi connectivity index (χ1) is 12.4. The van der Waals surface area contributed by atoms with E-state index in [1.165, 1.54) is 0 Å². The van der Waals surface area contributed by atoms with Crippen molar-refractivity contribution in [3.8, 4) is 5.75 Å². The van der Waals surface area contributed by atoms with Crippen LogP contribution < -0.4 is 9.64 Å². The largest absolute Gasteiger partial charge is 0.484 e. The fourth-order valence-corrected chi connectivity index (χ4v) is 3.12. The van der Waals surface area contributed by atoms with E-state index in [4.69, 9.17) is 16.3 Å². The predicted molar refractivity (Wildman–Crippen MR) is 102 cm³/mol. The summed E-state index contributed by atoms with van der Waals surface area (Å²) in [5.74, 6) is 2.38. The monoisotopic (exact) mass is 374 g/mol. The van der Waals surface area contributed by atoms with Gasteiger partial charge in [0, 0.05) is 42.5 Å². The van der Waals surface area contributed by atoms with Gasteiger partial charge < -0.3 is 14.5 Å². The lowest BCUT2D eigenvalue weighted by molar-refractivity contribution is -0.133. The van der Waals surface area contributed by atoms with Gasteiger partial charge in [-0.1, -0.05) is 11.6 Å². The van der Waals surface area contributed by atoms with E-state index in [9.17, 15) is 4.79 Å². The molecule has 0 bridgehead atoms. The molecule has 6 nitrogen and oxygen atoms in total. The second kappa shape index (κ2) is 7.91. The van der Waals surface area contributed by atoms with Crippen molar-refractivity contribution in [2.75, 3.05) is 37.7 Å². The molecule has 0 N–H and O–H groups in total. The summed E-state index contributed by atoms with van der Waals surface area (Å²) in [6.07, 6.45) is 0. The number of rotatable bonds is 4. The van der Waals surface area contributed by atoms with Gasteiger partial charge in [-0.3, -0.25) is 4.79 Å². The highest BCUT2D eigenvalue weighted by molar-refractivity contribution is 6.30. The van der Waals surface area contributed by atoms with Crippen molar-refractivity contribution in [3.63, 3.8) is 0 Å². The lowest BCUT2D eigenvalue weighted by Crippen LogP contribution is -2.50. The Kier molecular flexibility index (Phi) is 5.61. The van der Waals surface area contributed by atoms with Crippen LogP contribution >= 0.6 is 11.6 Å². The van der Waals surface area contributed by atoms with Crippen LogP contribution in [0.15, 0.2) is 24.3 Å². The molecule has 1 aromatic carbocycles. The summed E-state index contributed by atoms with van der Waals surface area (Å²) in [6, 6.07) is 7.01. The summed E-state index contributed by atoms with van der Waals surface area (Å²) < 4.78 is 5.55. The third-order valence-electron chi connectivity index (χ3n) is 4.58. The van der Waals surface area contributed by atoms with Gasteiger partial charge in [-0.25, -0.2) is 9.97 Å². The lowest BCUT2D eigenvalue weighted by Gasteiger charge is -2.36. The standard InChI is InChI=1S/C19H23ClN4O2/c1-13-14(2)21-15(3)22-19(13)24-10-8-23(9-11-24)18(25)12-26-17-6-4-16(20)5-7-17/h4-7H,8-12H2,1-3H3. The highest BCUT2D eigenvalue weighted by Gasteiger charge is 2.23. The molecule has 0 aliphatic carbocycles. The van der Waals surface area contributed by atoms with Crippen LogP contribution in [0.3, 0.4) is 0 Å². The number of ether oxygens (including phenoxy) is 1. The molecule has 1 aliphatic rings. The van der Waals surface area contributed by atoms with E-state index in [0.29, 0.717) is 23.9 Å². The Balaban J connectivity index is 1.55. The van der Waals surface area contributed by atoms with Crippen LogP contribution in [0.1, 0.15) is 17.1 Å². The Bertz CT molecular complexity index is 787. The first-order valence-corrected chi connectivity index (χ1v) is 9.05. The molecule has 1 aromatic heterocycles. The number of piperazine rings is 1. The number of halogens is 1. The molecule has 1 amide bonds. The first-order valence-electron chi connectivity index (χ1n) is 8.67. The van der Waals surface area contributed by atoms with Crippen molar-refractivity contribution in [2.45, 2.75) is 20.8 Å². The molecule has 3 rings (SSSR count). The average molecular weight is 375 g/mol. The quantitative estimate of drug-likeness (QED) is 0.823. The molecular weight excluding hydrogens is 352 g/mol. The molecular formula is C19H23ClN4O2. The average Bonchev–Trinajstić information content (AvgIpc) is 2.64. The SMILES string of the molecule is Cc1nc(C)c(C)c(N2CCN(C(=O)COc3ccc(Cl)cc3)CC2)n1. The molecule has 0 atom stereocenters. The molecule has 0 radical (unpaired) electrons. The maximum Gasteiger partial charge on any atom is 0.260 e. The Labute approximate surface area is 158 Å². The van der Waals surface area contributed by atoms with E-state index >= 15 is 0 Å². The summed E-state index contributed by atoms with van der Waals surface area (Å²) in [5, 5.41) is 0.644. The maximum absolute atomic E-state index is 12.4. The van der Waals surface area contributed by atoms with Crippen molar-refractivity contribution >= 4 is 23.3 Å². The molecule has 1 saturated heterocycles. The van der Waals surface area contributed by atoms with Crippen LogP contribution in [0.2, 0.25) is 5.02 Å². The van der Waals surface area contributed by atoms with Gasteiger partial charge in [0.1, 0.15) is 17.4 Å². The van der Waals surface area contributed by atoms with Crippen LogP contribution in [0.5, 0.6) is 5.75 Å². The fraction of sp³-hybridized carbons (Fsp3) is 0.421. The highest BCUT2D eigenvalue weighted by atomic mass is 35.5. The zero-order valence-corrected chi connectivity index (χ0v) is 16.1. The number of carbonyl (C=O) groups excluding carboxylic acids is 1. The number of aromatic nitrogens is 2. The van der Waals surface area contributed by atoms with E-state index in [0.717, 1.165) is 36.0 Å². The zero-order chi connectivity index (χ0) is 18.7. The van der Waals surface area contributed by atoms with Gasteiger partial charge in [0.2, 0.25) is 0 Å². The Hall–Kier alpha value is -2.34. The van der Waals surface area contributed by atoms with Crippen molar-refractivity contribution in [1.82, 2.24) is 14.9 Å². The predicted octanol–water partition coefficient (Wildman–Crippen LogP) is 2.78. The summed E-state index contributed by atoms with van der Waals surface area (Å²) in [5.41, 5.74) is 2.10. The number of carbonyl (C=O) groups is 1. The van der Waals surface area contributed by atoms with Gasteiger partial charge >= 0.3 is 0 Å². The summed E-state index contributed by atoms with van der Waals surface area (Å²) in [4.78, 5) is 25.4. The van der Waals surface area contributed by atoms with Gasteiger partial charge in [0.05, 0.1) is 0 Å². The van der Waals surface area contributed by atoms with Gasteiger partial charge in [-0.2, -0.15) is 0 Å². The van der Waals surface area contributed by atoms with E-state index in [1.807, 2.05) is 25.7 Å². The Morgan fingerprint density at radius 2 is 1.73 bits per heavy atom. The minimum absolute atomic E-state index is 0.00799. The smallest absolute Gasteiger partial charge is 0.260 e. The number of anilines is 1. The van der Waals surface area contributed by atoms with Gasteiger partial charge in [-0.05, 0) is 45.0 Å². The van der Waals surface area contributed by atoms with E-state index in [2.05, 4.69) is 14.9 Å². The second-order valence-corrected chi connectivity index (χ2v) is 6.85. The topological polar surface area (TPSA) is 58.6 Å². The fourth-order valence-electron chi connectivity index (χ4n) is 2.99. The Morgan fingerprint density at radius 1 is 1.08 bits per heavy atom. The molecule has 0 saturated carbocycles. The van der Waals surface area contributed by atoms with Crippen molar-refractivity contribution in [2.24, 2.45) is 0 Å². The maximum atomic E-state index is 12.4. The van der Waals surface area contributed by atoms with Gasteiger partial charge in [0.15, 0.2) is 6.61 Å². The van der Waals surface area contributed by atoms with E-state index < -0.39 is 0 Å². The first kappa shape index (κ1) is 18.5. The van der Waals surface area contributed by atoms with E-state index in [1.54, 1.807) is 24.3 Å². The third-order valence-corrected chi connectivity index (χ3v) is 4.84. The van der Waals surface area contributed by atoms with Gasteiger partial charge in [-0.15, -0.1) is 0 Å². The summed E-state index contributed by atoms with van der Waals surface area (Å²) in [6.45, 7) is 8.81. The van der Waals surface area contributed by atoms with Gasteiger partial charge in [0.25, 0.3) is 5.91 Å². The Morgan fingerprint density at radius 3 is 2.38 bits per heavy atom. The van der Waals surface area contributed by atoms with Crippen molar-refractivity contribution < 1.29 is 9.53 Å². The van der Waals surface area contributed by atoms with Crippen molar-refractivity contribution in [1.29, 1.82) is 0 Å². The minimum Gasteiger partial charge on any atom is -0.484 e. The number of benzene rings is 1. The van der Waals surface area contributed by atoms with Crippen LogP contribution in [0.4, 0.5) is 5.82 Å². The number of nitrogens with zero attached hydrogens (tertiary/aromatic N) is 4. The van der Waals surface area contributed by atoms with E-state index in [-0.39, 0.29) is 12.5 Å². The molecule has 7 heteroatoms. The zero-order valence-electron chi connectivity index (χ0n) is 15.3. The molecule has 0 unspecified atom stereocenters. The highest BCUT2D eigenvalue weighted by Crippen LogP contribution is 2.21. The molecule has 1 fully saturated rings. The third kappa shape index (κ3) is 4.25. The summed E-state index contributed by atoms with van der Waals surface area (Å²) >= 11 is 5.85. The van der Waals surface area contributed by atoms with Crippen LogP contribution in [0.25, 0.3) is 0 Å². The lowest BCUT2D eigenvalue weighted by atomic mass is 10.2. The summed E-state index contributed by atoms with van der Waals surface area (Å²) in [7, 11) is 0. The molecule has 138 valence electrons. The number of hydrogen-bond donors (Lipinski definition) is 0. The number of amides is 1. The molecule has 1 aliphatic heterocycles. The van der Waals surface area contributed by atoms with Crippen LogP contribution in [0, 0.1) is 20.8 Å². The van der Waals surface area contributed by atoms with Crippen LogP contribution in [-0.2, 0) is 4.79 Å². The van der Waals surface area contributed by atoms with Crippen molar-refractivity contribution in [3.05, 3.63) is 46.4 Å². The number of hydrogen-bond acceptors (Lipinski definition) is 5. The molecule has 2 aromatic rings. The van der Waals surface area contributed by atoms with Crippen LogP contribution in [-0.4, -0.2) is 53.6 Å². The molecule has 0 spiro atoms. The second-order valence-electron chi connectivity index (χ2n) is 6.42. The normalized spacial score (nSPS) is 14.5.